The Morgan fingerprint density at radius 1 is 1.53 bits per heavy atom. The molecule has 1 rings (SSSR count). The number of amides is 1. The van der Waals surface area contributed by atoms with E-state index in [9.17, 15) is 4.79 Å². The fraction of sp³-hybridized carbons (Fsp3) is 0.818. The number of hydrogen-bond acceptors (Lipinski definition) is 5. The highest BCUT2D eigenvalue weighted by molar-refractivity contribution is 5.70. The zero-order valence-electron chi connectivity index (χ0n) is 10.9. The Hall–Kier alpha value is -1.14. The fourth-order valence-corrected chi connectivity index (χ4v) is 1.26. The molecule has 0 unspecified atom stereocenters. The molecule has 0 radical (unpaired) electrons. The minimum atomic E-state index is -0.595. The maximum absolute atomic E-state index is 11.2. The Balaban J connectivity index is 2.29. The number of ether oxygens (including phenoxy) is 3. The average molecular weight is 244 g/mol. The van der Waals surface area contributed by atoms with E-state index in [0.29, 0.717) is 6.61 Å². The zero-order chi connectivity index (χ0) is 13.1. The lowest BCUT2D eigenvalue weighted by Crippen LogP contribution is -2.30. The lowest BCUT2D eigenvalue weighted by atomic mass is 10.2. The van der Waals surface area contributed by atoms with Crippen LogP contribution in [0.5, 0.6) is 0 Å². The summed E-state index contributed by atoms with van der Waals surface area (Å²) in [5.74, 6) is -0.595. The Kier molecular flexibility index (Phi) is 4.11. The summed E-state index contributed by atoms with van der Waals surface area (Å²) in [4.78, 5) is 11.2. The van der Waals surface area contributed by atoms with Gasteiger partial charge in [0, 0.05) is 0 Å². The second kappa shape index (κ2) is 5.01. The van der Waals surface area contributed by atoms with Gasteiger partial charge < -0.3 is 14.2 Å². The third-order valence-corrected chi connectivity index (χ3v) is 1.83. The Morgan fingerprint density at radius 3 is 2.65 bits per heavy atom. The predicted octanol–water partition coefficient (Wildman–Crippen LogP) is 1.65. The summed E-state index contributed by atoms with van der Waals surface area (Å²) in [5, 5.41) is 3.75. The van der Waals surface area contributed by atoms with E-state index < -0.39 is 17.5 Å². The SMILES string of the molecule is CC(C)(C)OC(=O)NN=C[C@H]1COC(C)(C)O1. The molecule has 1 saturated heterocycles. The number of hydrogen-bond donors (Lipinski definition) is 1. The van der Waals surface area contributed by atoms with Gasteiger partial charge in [-0.1, -0.05) is 0 Å². The van der Waals surface area contributed by atoms with Gasteiger partial charge in [0.05, 0.1) is 12.8 Å². The third-order valence-electron chi connectivity index (χ3n) is 1.83. The van der Waals surface area contributed by atoms with Crippen molar-refractivity contribution >= 4 is 12.3 Å². The number of rotatable bonds is 2. The number of carbonyl (C=O) groups excluding carboxylic acids is 1. The Bertz CT molecular complexity index is 307. The first-order valence-electron chi connectivity index (χ1n) is 5.52. The number of nitrogens with zero attached hydrogens (tertiary/aromatic N) is 1. The molecule has 1 heterocycles. The van der Waals surface area contributed by atoms with Gasteiger partial charge in [0.15, 0.2) is 5.79 Å². The van der Waals surface area contributed by atoms with E-state index in [-0.39, 0.29) is 6.10 Å². The lowest BCUT2D eigenvalue weighted by molar-refractivity contribution is -0.130. The normalized spacial score (nSPS) is 23.9. The summed E-state index contributed by atoms with van der Waals surface area (Å²) in [6.07, 6.45) is 0.644. The van der Waals surface area contributed by atoms with Gasteiger partial charge in [-0.3, -0.25) is 0 Å². The highest BCUT2D eigenvalue weighted by Crippen LogP contribution is 2.20. The molecule has 1 atom stereocenters. The molecule has 17 heavy (non-hydrogen) atoms. The van der Waals surface area contributed by atoms with Crippen molar-refractivity contribution in [3.05, 3.63) is 0 Å². The van der Waals surface area contributed by atoms with Crippen LogP contribution in [0.2, 0.25) is 0 Å². The van der Waals surface area contributed by atoms with Crippen molar-refractivity contribution in [3.63, 3.8) is 0 Å². The van der Waals surface area contributed by atoms with Crippen LogP contribution in [0, 0.1) is 0 Å². The molecule has 0 saturated carbocycles. The Labute approximate surface area is 101 Å². The van der Waals surface area contributed by atoms with Crippen molar-refractivity contribution in [3.8, 4) is 0 Å². The van der Waals surface area contributed by atoms with E-state index >= 15 is 0 Å². The molecule has 6 nitrogen and oxygen atoms in total. The molecule has 0 aromatic rings. The van der Waals surface area contributed by atoms with Crippen LogP contribution in [0.3, 0.4) is 0 Å². The van der Waals surface area contributed by atoms with Crippen molar-refractivity contribution in [2.24, 2.45) is 5.10 Å². The molecule has 1 N–H and O–H groups in total. The van der Waals surface area contributed by atoms with E-state index in [2.05, 4.69) is 10.5 Å². The first-order valence-corrected chi connectivity index (χ1v) is 5.52. The van der Waals surface area contributed by atoms with Crippen molar-refractivity contribution in [1.82, 2.24) is 5.43 Å². The molecule has 1 aliphatic heterocycles. The van der Waals surface area contributed by atoms with Crippen LogP contribution < -0.4 is 5.43 Å². The molecular formula is C11H20N2O4. The van der Waals surface area contributed by atoms with Crippen LogP contribution in [0.4, 0.5) is 4.79 Å². The summed E-state index contributed by atoms with van der Waals surface area (Å²) >= 11 is 0. The quantitative estimate of drug-likeness (QED) is 0.592. The van der Waals surface area contributed by atoms with E-state index in [1.807, 2.05) is 13.8 Å². The van der Waals surface area contributed by atoms with Crippen LogP contribution in [0.15, 0.2) is 5.10 Å². The zero-order valence-corrected chi connectivity index (χ0v) is 10.9. The van der Waals surface area contributed by atoms with Crippen molar-refractivity contribution < 1.29 is 19.0 Å². The molecule has 1 fully saturated rings. The standard InChI is InChI=1S/C11H20N2O4/c1-10(2,3)17-9(14)13-12-6-8-7-15-11(4,5)16-8/h6,8H,7H2,1-5H3,(H,13,14)/t8-/m0/s1. The second-order valence-electron chi connectivity index (χ2n) is 5.26. The van der Waals surface area contributed by atoms with Gasteiger partial charge in [0.25, 0.3) is 0 Å². The highest BCUT2D eigenvalue weighted by atomic mass is 16.7. The molecule has 0 aromatic carbocycles. The monoisotopic (exact) mass is 244 g/mol. The summed E-state index contributed by atoms with van der Waals surface area (Å²) in [6.45, 7) is 9.42. The molecular weight excluding hydrogens is 224 g/mol. The minimum Gasteiger partial charge on any atom is -0.443 e. The average Bonchev–Trinajstić information content (AvgIpc) is 2.42. The van der Waals surface area contributed by atoms with Crippen LogP contribution in [0.25, 0.3) is 0 Å². The molecule has 1 aliphatic rings. The van der Waals surface area contributed by atoms with Crippen molar-refractivity contribution in [2.45, 2.75) is 52.1 Å². The highest BCUT2D eigenvalue weighted by Gasteiger charge is 2.31. The van der Waals surface area contributed by atoms with Crippen molar-refractivity contribution in [1.29, 1.82) is 0 Å². The molecule has 1 amide bonds. The molecule has 0 aromatic heterocycles. The van der Waals surface area contributed by atoms with Gasteiger partial charge in [0.1, 0.15) is 11.7 Å². The van der Waals surface area contributed by atoms with Crippen LogP contribution in [-0.4, -0.2) is 36.4 Å². The van der Waals surface area contributed by atoms with E-state index in [4.69, 9.17) is 14.2 Å². The van der Waals surface area contributed by atoms with Gasteiger partial charge in [0.2, 0.25) is 0 Å². The van der Waals surface area contributed by atoms with Crippen LogP contribution in [-0.2, 0) is 14.2 Å². The molecule has 98 valence electrons. The van der Waals surface area contributed by atoms with Gasteiger partial charge in [-0.2, -0.15) is 5.10 Å². The summed E-state index contributed by atoms with van der Waals surface area (Å²) < 4.78 is 15.8. The topological polar surface area (TPSA) is 69.2 Å². The second-order valence-corrected chi connectivity index (χ2v) is 5.26. The van der Waals surface area contributed by atoms with Crippen LogP contribution in [0.1, 0.15) is 34.6 Å². The first-order chi connectivity index (χ1) is 7.68. The van der Waals surface area contributed by atoms with Gasteiger partial charge in [-0.05, 0) is 34.6 Å². The third kappa shape index (κ3) is 5.65. The van der Waals surface area contributed by atoms with Gasteiger partial charge >= 0.3 is 6.09 Å². The number of carbonyl (C=O) groups is 1. The molecule has 0 spiro atoms. The predicted molar refractivity (Wildman–Crippen MR) is 62.8 cm³/mol. The molecule has 0 bridgehead atoms. The van der Waals surface area contributed by atoms with Gasteiger partial charge in [-0.15, -0.1) is 0 Å². The maximum Gasteiger partial charge on any atom is 0.428 e. The molecule has 0 aliphatic carbocycles. The van der Waals surface area contributed by atoms with Crippen LogP contribution >= 0.6 is 0 Å². The van der Waals surface area contributed by atoms with Crippen molar-refractivity contribution in [2.75, 3.05) is 6.61 Å². The lowest BCUT2D eigenvalue weighted by Gasteiger charge is -2.18. The molecule has 6 heteroatoms. The first kappa shape index (κ1) is 13.9. The number of hydrazone groups is 1. The smallest absolute Gasteiger partial charge is 0.428 e. The maximum atomic E-state index is 11.2. The van der Waals surface area contributed by atoms with E-state index in [0.717, 1.165) is 0 Å². The number of nitrogens with one attached hydrogen (secondary N) is 1. The van der Waals surface area contributed by atoms with E-state index in [1.165, 1.54) is 6.21 Å². The fourth-order valence-electron chi connectivity index (χ4n) is 1.26. The summed E-state index contributed by atoms with van der Waals surface area (Å²) in [5.41, 5.74) is 1.73. The summed E-state index contributed by atoms with van der Waals surface area (Å²) in [7, 11) is 0. The largest absolute Gasteiger partial charge is 0.443 e. The van der Waals surface area contributed by atoms with E-state index in [1.54, 1.807) is 20.8 Å². The van der Waals surface area contributed by atoms with Gasteiger partial charge in [-0.25, -0.2) is 10.2 Å². The minimum absolute atomic E-state index is 0.250. The Morgan fingerprint density at radius 2 is 2.18 bits per heavy atom. The summed E-state index contributed by atoms with van der Waals surface area (Å²) in [6, 6.07) is 0.